The van der Waals surface area contributed by atoms with Crippen LogP contribution in [0.5, 0.6) is 0 Å². The highest BCUT2D eigenvalue weighted by atomic mass is 79.9. The predicted octanol–water partition coefficient (Wildman–Crippen LogP) is 1.55. The van der Waals surface area contributed by atoms with Gasteiger partial charge in [0.05, 0.1) is 9.90 Å². The zero-order valence-electron chi connectivity index (χ0n) is 6.81. The molecule has 0 aliphatic rings. The van der Waals surface area contributed by atoms with Crippen LogP contribution in [0.25, 0.3) is 0 Å². The van der Waals surface area contributed by atoms with E-state index < -0.39 is 0 Å². The standard InChI is InChI=1S/C6H14Br2N2/c1-9(2)5(7)6(8)10(3)4/h5-6H,1-4H3. The van der Waals surface area contributed by atoms with Crippen molar-refractivity contribution in [3.8, 4) is 0 Å². The molecule has 0 aliphatic carbocycles. The molecule has 0 rings (SSSR count). The maximum Gasteiger partial charge on any atom is 0.0909 e. The summed E-state index contributed by atoms with van der Waals surface area (Å²) in [5.74, 6) is 0. The first-order valence-electron chi connectivity index (χ1n) is 3.08. The van der Waals surface area contributed by atoms with Crippen molar-refractivity contribution in [3.05, 3.63) is 0 Å². The maximum absolute atomic E-state index is 3.55. The molecule has 0 aromatic heterocycles. The molecule has 0 aromatic rings. The first kappa shape index (κ1) is 10.9. The molecule has 0 bridgehead atoms. The Hall–Kier alpha value is 0.880. The van der Waals surface area contributed by atoms with E-state index in [0.29, 0.717) is 9.90 Å². The van der Waals surface area contributed by atoms with Crippen LogP contribution in [0.2, 0.25) is 0 Å². The van der Waals surface area contributed by atoms with Crippen molar-refractivity contribution in [1.29, 1.82) is 0 Å². The molecular formula is C6H14Br2N2. The third kappa shape index (κ3) is 3.32. The predicted molar refractivity (Wildman–Crippen MR) is 52.8 cm³/mol. The summed E-state index contributed by atoms with van der Waals surface area (Å²) < 4.78 is 0. The first-order valence-corrected chi connectivity index (χ1v) is 4.91. The van der Waals surface area contributed by atoms with Crippen molar-refractivity contribution in [2.24, 2.45) is 0 Å². The quantitative estimate of drug-likeness (QED) is 0.569. The molecule has 0 aliphatic heterocycles. The topological polar surface area (TPSA) is 6.48 Å². The largest absolute Gasteiger partial charge is 0.295 e. The number of hydrogen-bond donors (Lipinski definition) is 0. The number of rotatable bonds is 3. The van der Waals surface area contributed by atoms with E-state index >= 15 is 0 Å². The van der Waals surface area contributed by atoms with E-state index in [0.717, 1.165) is 0 Å². The Labute approximate surface area is 79.8 Å². The van der Waals surface area contributed by atoms with Crippen LogP contribution >= 0.6 is 31.9 Å². The summed E-state index contributed by atoms with van der Waals surface area (Å²) >= 11 is 7.09. The van der Waals surface area contributed by atoms with Gasteiger partial charge in [-0.3, -0.25) is 9.80 Å². The van der Waals surface area contributed by atoms with E-state index in [1.807, 2.05) is 28.2 Å². The van der Waals surface area contributed by atoms with Crippen molar-refractivity contribution in [1.82, 2.24) is 9.80 Å². The summed E-state index contributed by atoms with van der Waals surface area (Å²) in [6.07, 6.45) is 0. The Bertz CT molecular complexity index is 83.7. The number of likely N-dealkylation sites (N-methyl/N-ethyl adjacent to an activating group) is 2. The Kier molecular flexibility index (Phi) is 5.11. The molecule has 0 N–H and O–H groups in total. The fourth-order valence-corrected chi connectivity index (χ4v) is 1.44. The van der Waals surface area contributed by atoms with Gasteiger partial charge < -0.3 is 0 Å². The number of nitrogens with zero attached hydrogens (tertiary/aromatic N) is 2. The van der Waals surface area contributed by atoms with Gasteiger partial charge >= 0.3 is 0 Å². The summed E-state index contributed by atoms with van der Waals surface area (Å²) in [6, 6.07) is 0. The van der Waals surface area contributed by atoms with Gasteiger partial charge in [-0.2, -0.15) is 0 Å². The Morgan fingerprint density at radius 1 is 0.800 bits per heavy atom. The van der Waals surface area contributed by atoms with E-state index in [1.54, 1.807) is 0 Å². The smallest absolute Gasteiger partial charge is 0.0909 e. The molecule has 62 valence electrons. The second-order valence-electron chi connectivity index (χ2n) is 2.67. The lowest BCUT2D eigenvalue weighted by molar-refractivity contribution is 0.282. The van der Waals surface area contributed by atoms with Crippen molar-refractivity contribution in [3.63, 3.8) is 0 Å². The Balaban J connectivity index is 3.81. The molecular weight excluding hydrogens is 260 g/mol. The minimum Gasteiger partial charge on any atom is -0.295 e. The molecule has 2 unspecified atom stereocenters. The average molecular weight is 274 g/mol. The van der Waals surface area contributed by atoms with Crippen LogP contribution in [0.4, 0.5) is 0 Å². The minimum absolute atomic E-state index is 0.350. The van der Waals surface area contributed by atoms with Crippen LogP contribution < -0.4 is 0 Å². The molecule has 10 heavy (non-hydrogen) atoms. The molecule has 0 aromatic carbocycles. The normalized spacial score (nSPS) is 18.0. The molecule has 0 amide bonds. The summed E-state index contributed by atoms with van der Waals surface area (Å²) in [5, 5.41) is 0. The van der Waals surface area contributed by atoms with E-state index in [4.69, 9.17) is 0 Å². The molecule has 0 radical (unpaired) electrons. The van der Waals surface area contributed by atoms with Crippen LogP contribution in [0.1, 0.15) is 0 Å². The third-order valence-corrected chi connectivity index (χ3v) is 4.56. The highest BCUT2D eigenvalue weighted by Gasteiger charge is 2.18. The number of hydrogen-bond acceptors (Lipinski definition) is 2. The Morgan fingerprint density at radius 2 is 1.00 bits per heavy atom. The van der Waals surface area contributed by atoms with Crippen LogP contribution in [0, 0.1) is 0 Å². The summed E-state index contributed by atoms with van der Waals surface area (Å²) in [6.45, 7) is 0. The monoisotopic (exact) mass is 272 g/mol. The lowest BCUT2D eigenvalue weighted by atomic mass is 10.5. The highest BCUT2D eigenvalue weighted by molar-refractivity contribution is 9.12. The molecule has 0 saturated carbocycles. The first-order chi connectivity index (χ1) is 4.46. The van der Waals surface area contributed by atoms with Crippen molar-refractivity contribution in [2.45, 2.75) is 9.90 Å². The van der Waals surface area contributed by atoms with Gasteiger partial charge in [0.25, 0.3) is 0 Å². The molecule has 2 atom stereocenters. The maximum atomic E-state index is 3.55. The Morgan fingerprint density at radius 3 is 1.10 bits per heavy atom. The molecule has 0 spiro atoms. The fraction of sp³-hybridized carbons (Fsp3) is 1.00. The van der Waals surface area contributed by atoms with Crippen molar-refractivity contribution >= 4 is 31.9 Å². The summed E-state index contributed by atoms with van der Waals surface area (Å²) in [7, 11) is 8.16. The summed E-state index contributed by atoms with van der Waals surface area (Å²) in [4.78, 5) is 4.92. The minimum atomic E-state index is 0.350. The number of alkyl halides is 2. The van der Waals surface area contributed by atoms with E-state index in [-0.39, 0.29) is 0 Å². The van der Waals surface area contributed by atoms with Crippen LogP contribution in [0.15, 0.2) is 0 Å². The second kappa shape index (κ2) is 4.70. The molecule has 0 fully saturated rings. The molecule has 0 heterocycles. The van der Waals surface area contributed by atoms with Gasteiger partial charge in [0, 0.05) is 0 Å². The van der Waals surface area contributed by atoms with Crippen LogP contribution in [-0.2, 0) is 0 Å². The van der Waals surface area contributed by atoms with Crippen LogP contribution in [0.3, 0.4) is 0 Å². The number of halogens is 2. The molecule has 0 saturated heterocycles. The van der Waals surface area contributed by atoms with E-state index in [2.05, 4.69) is 41.7 Å². The van der Waals surface area contributed by atoms with Gasteiger partial charge in [-0.15, -0.1) is 0 Å². The van der Waals surface area contributed by atoms with Gasteiger partial charge in [0.2, 0.25) is 0 Å². The summed E-state index contributed by atoms with van der Waals surface area (Å²) in [5.41, 5.74) is 0. The van der Waals surface area contributed by atoms with Gasteiger partial charge in [0.1, 0.15) is 0 Å². The highest BCUT2D eigenvalue weighted by Crippen LogP contribution is 2.17. The lowest BCUT2D eigenvalue weighted by Gasteiger charge is -2.27. The van der Waals surface area contributed by atoms with Gasteiger partial charge in [-0.05, 0) is 28.2 Å². The zero-order chi connectivity index (χ0) is 8.31. The van der Waals surface area contributed by atoms with Gasteiger partial charge in [-0.1, -0.05) is 31.9 Å². The van der Waals surface area contributed by atoms with Gasteiger partial charge in [-0.25, -0.2) is 0 Å². The third-order valence-electron chi connectivity index (χ3n) is 1.21. The molecule has 2 nitrogen and oxygen atoms in total. The van der Waals surface area contributed by atoms with E-state index in [1.165, 1.54) is 0 Å². The van der Waals surface area contributed by atoms with Crippen LogP contribution in [-0.4, -0.2) is 47.9 Å². The van der Waals surface area contributed by atoms with Crippen molar-refractivity contribution < 1.29 is 0 Å². The van der Waals surface area contributed by atoms with Crippen molar-refractivity contribution in [2.75, 3.05) is 28.2 Å². The van der Waals surface area contributed by atoms with Gasteiger partial charge in [0.15, 0.2) is 0 Å². The molecule has 4 heteroatoms. The average Bonchev–Trinajstić information content (AvgIpc) is 1.84. The van der Waals surface area contributed by atoms with E-state index in [9.17, 15) is 0 Å². The fourth-order valence-electron chi connectivity index (χ4n) is 0.492. The SMILES string of the molecule is CN(C)C(Br)C(Br)N(C)C. The second-order valence-corrected chi connectivity index (χ2v) is 4.55. The zero-order valence-corrected chi connectivity index (χ0v) is 9.98. The lowest BCUT2D eigenvalue weighted by Crippen LogP contribution is -2.38.